The first-order valence-electron chi connectivity index (χ1n) is 12.6. The molecule has 0 fully saturated rings. The average molecular weight is 594 g/mol. The summed E-state index contributed by atoms with van der Waals surface area (Å²) in [6.45, 7) is 8.82. The van der Waals surface area contributed by atoms with E-state index in [1.165, 1.54) is 23.5 Å². The van der Waals surface area contributed by atoms with E-state index in [1.54, 1.807) is 11.4 Å². The highest BCUT2D eigenvalue weighted by atomic mass is 35.5. The third kappa shape index (κ3) is 8.88. The third-order valence-electron chi connectivity index (χ3n) is 6.15. The summed E-state index contributed by atoms with van der Waals surface area (Å²) >= 11 is 6.80. The van der Waals surface area contributed by atoms with Gasteiger partial charge in [0, 0.05) is 25.2 Å². The predicted octanol–water partition coefficient (Wildman–Crippen LogP) is 6.21. The maximum Gasteiger partial charge on any atom is 0.417 e. The molecule has 7 nitrogen and oxygen atoms in total. The zero-order chi connectivity index (χ0) is 29.3. The van der Waals surface area contributed by atoms with Crippen molar-refractivity contribution in [2.45, 2.75) is 26.6 Å². The average Bonchev–Trinajstić information content (AvgIpc) is 3.38. The fourth-order valence-electron chi connectivity index (χ4n) is 3.88. The fraction of sp³-hybridized carbons (Fsp3) is 0.321. The Kier molecular flexibility index (Phi) is 11.3. The molecule has 0 radical (unpaired) electrons. The van der Waals surface area contributed by atoms with Gasteiger partial charge >= 0.3 is 6.18 Å². The van der Waals surface area contributed by atoms with Gasteiger partial charge in [0.2, 0.25) is 0 Å². The van der Waals surface area contributed by atoms with Crippen molar-refractivity contribution in [2.75, 3.05) is 38.5 Å². The Morgan fingerprint density at radius 2 is 1.80 bits per heavy atom. The van der Waals surface area contributed by atoms with Gasteiger partial charge in [0.05, 0.1) is 22.4 Å². The summed E-state index contributed by atoms with van der Waals surface area (Å²) in [4.78, 5) is 30.2. The molecule has 0 unspecified atom stereocenters. The summed E-state index contributed by atoms with van der Waals surface area (Å²) in [5.74, 6) is -0.991. The monoisotopic (exact) mass is 593 g/mol. The molecule has 2 N–H and O–H groups in total. The number of hydrogen-bond acceptors (Lipinski definition) is 6. The largest absolute Gasteiger partial charge is 0.417 e. The summed E-state index contributed by atoms with van der Waals surface area (Å²) < 4.78 is 39.2. The van der Waals surface area contributed by atoms with Crippen LogP contribution in [0.2, 0.25) is 5.02 Å². The molecule has 0 aliphatic carbocycles. The lowest BCUT2D eigenvalue weighted by atomic mass is 10.1. The molecule has 1 heterocycles. The number of hydrogen-bond donors (Lipinski definition) is 2. The number of carbonyl (C=O) groups excluding carboxylic acids is 2. The topological polar surface area (TPSA) is 77.0 Å². The first kappa shape index (κ1) is 31.3. The Morgan fingerprint density at radius 3 is 2.50 bits per heavy atom. The molecule has 0 bridgehead atoms. The number of thiophene rings is 1. The molecule has 0 saturated heterocycles. The SMILES string of the molecule is CCN(CC)CCN(C)Cc1cccc(C(=O)Nc2sccc2C(=O)NN=Cc2ccc(Cl)c(C(F)(F)F)c2)c1. The number of alkyl halides is 3. The van der Waals surface area contributed by atoms with Gasteiger partial charge in [-0.05, 0) is 67.0 Å². The highest BCUT2D eigenvalue weighted by Crippen LogP contribution is 2.34. The van der Waals surface area contributed by atoms with E-state index < -0.39 is 22.7 Å². The number of likely N-dealkylation sites (N-methyl/N-ethyl adjacent to an activating group) is 2. The second-order valence-corrected chi connectivity index (χ2v) is 10.3. The van der Waals surface area contributed by atoms with Crippen molar-refractivity contribution < 1.29 is 22.8 Å². The standard InChI is InChI=1S/C28H31ClF3N5O2S/c1-4-37(5-2)13-12-36(3)18-20-7-6-8-21(15-20)25(38)34-27-22(11-14-40-27)26(39)35-33-17-19-9-10-24(29)23(16-19)28(30,31)32/h6-11,14-17H,4-5,12-13,18H2,1-3H3,(H,34,38)(H,35,39). The van der Waals surface area contributed by atoms with Crippen molar-refractivity contribution in [3.63, 3.8) is 0 Å². The second-order valence-electron chi connectivity index (χ2n) is 9.02. The summed E-state index contributed by atoms with van der Waals surface area (Å²) in [7, 11) is 2.04. The van der Waals surface area contributed by atoms with Crippen LogP contribution in [-0.2, 0) is 12.7 Å². The molecule has 0 saturated carbocycles. The van der Waals surface area contributed by atoms with Gasteiger partial charge in [0.15, 0.2) is 0 Å². The van der Waals surface area contributed by atoms with Crippen LogP contribution in [0, 0.1) is 0 Å². The minimum absolute atomic E-state index is 0.106. The first-order valence-corrected chi connectivity index (χ1v) is 13.9. The number of amides is 2. The van der Waals surface area contributed by atoms with Crippen LogP contribution >= 0.6 is 22.9 Å². The summed E-state index contributed by atoms with van der Waals surface area (Å²) in [5, 5.41) is 8.06. The third-order valence-corrected chi connectivity index (χ3v) is 7.31. The van der Waals surface area contributed by atoms with Crippen LogP contribution in [-0.4, -0.2) is 61.1 Å². The Bertz CT molecular complexity index is 1340. The minimum atomic E-state index is -4.62. The second kappa shape index (κ2) is 14.4. The van der Waals surface area contributed by atoms with E-state index in [2.05, 4.69) is 39.5 Å². The van der Waals surface area contributed by atoms with E-state index in [0.29, 0.717) is 17.1 Å². The fourth-order valence-corrected chi connectivity index (χ4v) is 4.88. The van der Waals surface area contributed by atoms with Crippen molar-refractivity contribution in [2.24, 2.45) is 5.10 Å². The minimum Gasteiger partial charge on any atom is -0.313 e. The number of nitrogens with zero attached hydrogens (tertiary/aromatic N) is 3. The molecule has 2 aromatic carbocycles. The molecular formula is C28H31ClF3N5O2S. The first-order chi connectivity index (χ1) is 19.0. The summed E-state index contributed by atoms with van der Waals surface area (Å²) in [6, 6.07) is 12.1. The lowest BCUT2D eigenvalue weighted by Crippen LogP contribution is -2.32. The molecule has 214 valence electrons. The van der Waals surface area contributed by atoms with E-state index in [1.807, 2.05) is 25.2 Å². The van der Waals surface area contributed by atoms with Gasteiger partial charge in [0.1, 0.15) is 5.00 Å². The molecule has 2 amide bonds. The van der Waals surface area contributed by atoms with Gasteiger partial charge in [-0.15, -0.1) is 11.3 Å². The molecule has 1 aromatic heterocycles. The van der Waals surface area contributed by atoms with Gasteiger partial charge in [-0.1, -0.05) is 43.6 Å². The molecule has 40 heavy (non-hydrogen) atoms. The molecule has 12 heteroatoms. The number of anilines is 1. The zero-order valence-corrected chi connectivity index (χ0v) is 24.0. The Morgan fingerprint density at radius 1 is 1.05 bits per heavy atom. The van der Waals surface area contributed by atoms with E-state index >= 15 is 0 Å². The van der Waals surface area contributed by atoms with Crippen LogP contribution in [0.5, 0.6) is 0 Å². The van der Waals surface area contributed by atoms with Crippen LogP contribution in [0.3, 0.4) is 0 Å². The highest BCUT2D eigenvalue weighted by molar-refractivity contribution is 7.14. The van der Waals surface area contributed by atoms with Gasteiger partial charge in [-0.25, -0.2) is 5.43 Å². The highest BCUT2D eigenvalue weighted by Gasteiger charge is 2.33. The molecule has 3 rings (SSSR count). The van der Waals surface area contributed by atoms with Crippen molar-refractivity contribution in [3.8, 4) is 0 Å². The molecule has 3 aromatic rings. The van der Waals surface area contributed by atoms with Gasteiger partial charge in [-0.3, -0.25) is 9.59 Å². The van der Waals surface area contributed by atoms with Crippen molar-refractivity contribution >= 4 is 46.0 Å². The lowest BCUT2D eigenvalue weighted by Gasteiger charge is -2.23. The number of rotatable bonds is 12. The van der Waals surface area contributed by atoms with Crippen LogP contribution in [0.4, 0.5) is 18.2 Å². The van der Waals surface area contributed by atoms with Crippen molar-refractivity contribution in [1.29, 1.82) is 0 Å². The van der Waals surface area contributed by atoms with Gasteiger partial charge in [0.25, 0.3) is 11.8 Å². The van der Waals surface area contributed by atoms with E-state index in [4.69, 9.17) is 11.6 Å². The number of halogens is 4. The molecule has 0 atom stereocenters. The van der Waals surface area contributed by atoms with Crippen LogP contribution in [0.15, 0.2) is 59.0 Å². The molecule has 0 aliphatic rings. The number of nitrogens with one attached hydrogen (secondary N) is 2. The number of hydrazone groups is 1. The summed E-state index contributed by atoms with van der Waals surface area (Å²) in [5.41, 5.74) is 3.01. The predicted molar refractivity (Wildman–Crippen MR) is 154 cm³/mol. The van der Waals surface area contributed by atoms with Crippen LogP contribution < -0.4 is 10.7 Å². The zero-order valence-electron chi connectivity index (χ0n) is 22.4. The van der Waals surface area contributed by atoms with Crippen molar-refractivity contribution in [1.82, 2.24) is 15.2 Å². The van der Waals surface area contributed by atoms with Gasteiger partial charge < -0.3 is 15.1 Å². The summed E-state index contributed by atoms with van der Waals surface area (Å²) in [6.07, 6.45) is -3.53. The van der Waals surface area contributed by atoms with Crippen LogP contribution in [0.1, 0.15) is 51.3 Å². The van der Waals surface area contributed by atoms with E-state index in [0.717, 1.165) is 50.1 Å². The van der Waals surface area contributed by atoms with E-state index in [-0.39, 0.29) is 17.0 Å². The van der Waals surface area contributed by atoms with E-state index in [9.17, 15) is 22.8 Å². The maximum absolute atomic E-state index is 13.1. The van der Waals surface area contributed by atoms with Gasteiger partial charge in [-0.2, -0.15) is 18.3 Å². The number of carbonyl (C=O) groups is 2. The van der Waals surface area contributed by atoms with Crippen LogP contribution in [0.25, 0.3) is 0 Å². The smallest absolute Gasteiger partial charge is 0.313 e. The Balaban J connectivity index is 1.61. The van der Waals surface area contributed by atoms with Crippen molar-refractivity contribution in [3.05, 3.63) is 86.8 Å². The normalized spacial score (nSPS) is 11.9. The quantitative estimate of drug-likeness (QED) is 0.193. The Hall–Kier alpha value is -3.25. The molecule has 0 spiro atoms. The molecule has 0 aliphatic heterocycles. The number of benzene rings is 2. The lowest BCUT2D eigenvalue weighted by molar-refractivity contribution is -0.137. The molecular weight excluding hydrogens is 563 g/mol. The maximum atomic E-state index is 13.1. The Labute approximate surface area is 240 Å².